The van der Waals surface area contributed by atoms with Gasteiger partial charge in [0, 0.05) is 31.7 Å². The smallest absolute Gasteiger partial charge is 0.138 e. The van der Waals surface area contributed by atoms with Crippen molar-refractivity contribution >= 4 is 5.82 Å². The molecule has 1 aromatic heterocycles. The van der Waals surface area contributed by atoms with Crippen LogP contribution in [0.3, 0.4) is 0 Å². The molecule has 1 N–H and O–H groups in total. The predicted octanol–water partition coefficient (Wildman–Crippen LogP) is 0.477. The van der Waals surface area contributed by atoms with Crippen LogP contribution in [-0.4, -0.2) is 36.1 Å². The number of hydrogen-bond donors (Lipinski definition) is 1. The first-order valence-corrected chi connectivity index (χ1v) is 5.77. The Labute approximate surface area is 94.8 Å². The van der Waals surface area contributed by atoms with Gasteiger partial charge in [0.15, 0.2) is 0 Å². The van der Waals surface area contributed by atoms with Crippen LogP contribution in [0.5, 0.6) is 0 Å². The molecule has 16 heavy (non-hydrogen) atoms. The highest BCUT2D eigenvalue weighted by atomic mass is 16.5. The quantitative estimate of drug-likeness (QED) is 0.746. The first-order chi connectivity index (χ1) is 7.86. The highest BCUT2D eigenvalue weighted by Gasteiger charge is 2.27. The molecule has 5 heteroatoms. The Morgan fingerprint density at radius 2 is 2.19 bits per heavy atom. The fraction of sp³-hybridized carbons (Fsp3) is 0.636. The van der Waals surface area contributed by atoms with E-state index in [4.69, 9.17) is 4.74 Å². The summed E-state index contributed by atoms with van der Waals surface area (Å²) >= 11 is 0. The monoisotopic (exact) mass is 220 g/mol. The lowest BCUT2D eigenvalue weighted by molar-refractivity contribution is 0.0788. The molecule has 0 aromatic carbocycles. The molecule has 1 aromatic rings. The molecule has 0 spiro atoms. The number of piperazine rings is 1. The third kappa shape index (κ3) is 1.56. The summed E-state index contributed by atoms with van der Waals surface area (Å²) in [6, 6.07) is 0. The molecule has 3 heterocycles. The zero-order valence-electron chi connectivity index (χ0n) is 9.44. The summed E-state index contributed by atoms with van der Waals surface area (Å²) in [5.41, 5.74) is 2.24. The van der Waals surface area contributed by atoms with Crippen LogP contribution in [0.2, 0.25) is 0 Å². The van der Waals surface area contributed by atoms with Crippen LogP contribution in [0.25, 0.3) is 0 Å². The number of fused-ring (bicyclic) bond motifs is 1. The zero-order chi connectivity index (χ0) is 11.0. The van der Waals surface area contributed by atoms with Crippen molar-refractivity contribution in [3.8, 4) is 0 Å². The molecule has 1 saturated heterocycles. The highest BCUT2D eigenvalue weighted by Crippen LogP contribution is 2.34. The number of nitrogens with zero attached hydrogens (tertiary/aromatic N) is 3. The number of nitrogens with one attached hydrogen (secondary N) is 1. The second kappa shape index (κ2) is 3.99. The van der Waals surface area contributed by atoms with Gasteiger partial charge in [-0.05, 0) is 6.92 Å². The Morgan fingerprint density at radius 1 is 1.38 bits per heavy atom. The lowest BCUT2D eigenvalue weighted by atomic mass is 10.1. The molecule has 1 unspecified atom stereocenters. The molecular weight excluding hydrogens is 204 g/mol. The van der Waals surface area contributed by atoms with Gasteiger partial charge in [-0.2, -0.15) is 0 Å². The van der Waals surface area contributed by atoms with Crippen molar-refractivity contribution in [2.45, 2.75) is 19.6 Å². The number of anilines is 1. The van der Waals surface area contributed by atoms with Crippen LogP contribution < -0.4 is 10.2 Å². The number of aromatic nitrogens is 2. The van der Waals surface area contributed by atoms with Crippen LogP contribution in [0.4, 0.5) is 5.82 Å². The second-order valence-electron chi connectivity index (χ2n) is 4.25. The summed E-state index contributed by atoms with van der Waals surface area (Å²) in [6.45, 7) is 6.76. The minimum Gasteiger partial charge on any atom is -0.367 e. The van der Waals surface area contributed by atoms with Gasteiger partial charge < -0.3 is 15.0 Å². The van der Waals surface area contributed by atoms with E-state index >= 15 is 0 Å². The summed E-state index contributed by atoms with van der Waals surface area (Å²) in [4.78, 5) is 11.0. The summed E-state index contributed by atoms with van der Waals surface area (Å²) in [7, 11) is 0. The summed E-state index contributed by atoms with van der Waals surface area (Å²) in [5.74, 6) is 1.07. The fourth-order valence-corrected chi connectivity index (χ4v) is 2.37. The maximum Gasteiger partial charge on any atom is 0.138 e. The molecule has 0 aliphatic carbocycles. The lowest BCUT2D eigenvalue weighted by Gasteiger charge is -2.30. The highest BCUT2D eigenvalue weighted by molar-refractivity contribution is 5.51. The average molecular weight is 220 g/mol. The van der Waals surface area contributed by atoms with Gasteiger partial charge in [0.05, 0.1) is 18.4 Å². The maximum absolute atomic E-state index is 5.61. The van der Waals surface area contributed by atoms with E-state index in [9.17, 15) is 0 Å². The Morgan fingerprint density at radius 3 is 3.00 bits per heavy atom. The molecule has 5 nitrogen and oxygen atoms in total. The van der Waals surface area contributed by atoms with Crippen LogP contribution in [0.15, 0.2) is 6.33 Å². The Kier molecular flexibility index (Phi) is 2.49. The van der Waals surface area contributed by atoms with Gasteiger partial charge in [0.1, 0.15) is 12.1 Å². The van der Waals surface area contributed by atoms with Gasteiger partial charge in [-0.1, -0.05) is 0 Å². The molecule has 2 aliphatic rings. The third-order valence-electron chi connectivity index (χ3n) is 3.24. The first kappa shape index (κ1) is 9.99. The van der Waals surface area contributed by atoms with Crippen molar-refractivity contribution in [1.29, 1.82) is 0 Å². The minimum absolute atomic E-state index is 0.126. The standard InChI is InChI=1S/C11H16N4O/c1-8-10-9(6-16-8)13-7-14-11(10)15-4-2-12-3-5-15/h7-8,12H,2-6H2,1H3. The first-order valence-electron chi connectivity index (χ1n) is 5.77. The SMILES string of the molecule is CC1OCc2ncnc(N3CCNCC3)c21. The third-order valence-corrected chi connectivity index (χ3v) is 3.24. The summed E-state index contributed by atoms with van der Waals surface area (Å²) < 4.78 is 5.61. The molecule has 0 saturated carbocycles. The Hall–Kier alpha value is -1.20. The van der Waals surface area contributed by atoms with Crippen molar-refractivity contribution < 1.29 is 4.74 Å². The maximum atomic E-state index is 5.61. The van der Waals surface area contributed by atoms with Gasteiger partial charge in [0.2, 0.25) is 0 Å². The molecule has 1 atom stereocenters. The lowest BCUT2D eigenvalue weighted by Crippen LogP contribution is -2.44. The number of ether oxygens (including phenoxy) is 1. The van der Waals surface area contributed by atoms with Gasteiger partial charge in [-0.15, -0.1) is 0 Å². The second-order valence-corrected chi connectivity index (χ2v) is 4.25. The zero-order valence-corrected chi connectivity index (χ0v) is 9.44. The van der Waals surface area contributed by atoms with Crippen molar-refractivity contribution in [2.75, 3.05) is 31.1 Å². The largest absolute Gasteiger partial charge is 0.367 e. The summed E-state index contributed by atoms with van der Waals surface area (Å²) in [6.07, 6.45) is 1.78. The number of hydrogen-bond acceptors (Lipinski definition) is 5. The molecular formula is C11H16N4O. The average Bonchev–Trinajstić information content (AvgIpc) is 2.73. The van der Waals surface area contributed by atoms with Crippen molar-refractivity contribution in [3.05, 3.63) is 17.6 Å². The van der Waals surface area contributed by atoms with E-state index in [1.165, 1.54) is 5.56 Å². The van der Waals surface area contributed by atoms with Crippen molar-refractivity contribution in [3.63, 3.8) is 0 Å². The van der Waals surface area contributed by atoms with Gasteiger partial charge in [0.25, 0.3) is 0 Å². The number of rotatable bonds is 1. The molecule has 0 bridgehead atoms. The van der Waals surface area contributed by atoms with E-state index in [0.717, 1.165) is 37.7 Å². The van der Waals surface area contributed by atoms with Crippen molar-refractivity contribution in [2.24, 2.45) is 0 Å². The van der Waals surface area contributed by atoms with Gasteiger partial charge >= 0.3 is 0 Å². The van der Waals surface area contributed by atoms with E-state index in [-0.39, 0.29) is 6.10 Å². The predicted molar refractivity (Wildman–Crippen MR) is 60.3 cm³/mol. The topological polar surface area (TPSA) is 50.3 Å². The van der Waals surface area contributed by atoms with Crippen LogP contribution in [0, 0.1) is 0 Å². The normalized spacial score (nSPS) is 24.6. The Bertz CT molecular complexity index is 390. The van der Waals surface area contributed by atoms with Gasteiger partial charge in [-0.25, -0.2) is 9.97 Å². The van der Waals surface area contributed by atoms with E-state index in [1.807, 2.05) is 0 Å². The molecule has 0 radical (unpaired) electrons. The molecule has 3 rings (SSSR count). The minimum atomic E-state index is 0.126. The van der Waals surface area contributed by atoms with Crippen LogP contribution in [0.1, 0.15) is 24.3 Å². The fourth-order valence-electron chi connectivity index (χ4n) is 2.37. The molecule has 86 valence electrons. The summed E-state index contributed by atoms with van der Waals surface area (Å²) in [5, 5.41) is 3.35. The van der Waals surface area contributed by atoms with E-state index in [1.54, 1.807) is 6.33 Å². The van der Waals surface area contributed by atoms with Crippen molar-refractivity contribution in [1.82, 2.24) is 15.3 Å². The van der Waals surface area contributed by atoms with Gasteiger partial charge in [-0.3, -0.25) is 0 Å². The van der Waals surface area contributed by atoms with Crippen LogP contribution >= 0.6 is 0 Å². The van der Waals surface area contributed by atoms with E-state index in [2.05, 4.69) is 27.1 Å². The van der Waals surface area contributed by atoms with E-state index < -0.39 is 0 Å². The molecule has 0 amide bonds. The molecule has 2 aliphatic heterocycles. The Balaban J connectivity index is 1.97. The van der Waals surface area contributed by atoms with Crippen LogP contribution in [-0.2, 0) is 11.3 Å². The van der Waals surface area contributed by atoms with E-state index in [0.29, 0.717) is 6.61 Å². The molecule has 1 fully saturated rings.